The molecular weight excluding hydrogens is 278 g/mol. The molecule has 0 aliphatic rings. The molecule has 0 aliphatic heterocycles. The van der Waals surface area contributed by atoms with Crippen LogP contribution in [-0.4, -0.2) is 7.05 Å². The van der Waals surface area contributed by atoms with Gasteiger partial charge in [-0.3, -0.25) is 0 Å². The molecule has 0 fully saturated rings. The van der Waals surface area contributed by atoms with Crippen LogP contribution in [0.4, 0.5) is 0 Å². The van der Waals surface area contributed by atoms with Crippen molar-refractivity contribution in [2.24, 2.45) is 0 Å². The number of benzene rings is 2. The number of furan rings is 1. The Bertz CT molecular complexity index is 873. The van der Waals surface area contributed by atoms with Gasteiger partial charge in [0.05, 0.1) is 6.04 Å². The van der Waals surface area contributed by atoms with Crippen LogP contribution in [0.5, 0.6) is 0 Å². The predicted octanol–water partition coefficient (Wildman–Crippen LogP) is 4.96. The second kappa shape index (κ2) is 5.02. The zero-order chi connectivity index (χ0) is 14.2. The van der Waals surface area contributed by atoms with Gasteiger partial charge in [-0.05, 0) is 41.6 Å². The van der Waals surface area contributed by atoms with Gasteiger partial charge < -0.3 is 9.73 Å². The summed E-state index contributed by atoms with van der Waals surface area (Å²) in [5.74, 6) is 0.960. The number of thiophene rings is 1. The van der Waals surface area contributed by atoms with Crippen molar-refractivity contribution in [1.29, 1.82) is 0 Å². The molecule has 2 aromatic heterocycles. The van der Waals surface area contributed by atoms with Gasteiger partial charge in [0.2, 0.25) is 0 Å². The van der Waals surface area contributed by atoms with Crippen molar-refractivity contribution in [1.82, 2.24) is 5.32 Å². The van der Waals surface area contributed by atoms with Crippen LogP contribution in [0.15, 0.2) is 64.4 Å². The lowest BCUT2D eigenvalue weighted by atomic mass is 10.0. The lowest BCUT2D eigenvalue weighted by Crippen LogP contribution is -2.16. The highest BCUT2D eigenvalue weighted by Gasteiger charge is 2.19. The largest absolute Gasteiger partial charge is 0.459 e. The number of rotatable bonds is 3. The maximum atomic E-state index is 6.04. The van der Waals surface area contributed by atoms with Crippen LogP contribution in [0.25, 0.3) is 21.1 Å². The van der Waals surface area contributed by atoms with Crippen molar-refractivity contribution < 1.29 is 4.42 Å². The average molecular weight is 293 g/mol. The lowest BCUT2D eigenvalue weighted by Gasteiger charge is -2.12. The number of fused-ring (bicyclic) bond motifs is 2. The third-order valence-corrected chi connectivity index (χ3v) is 4.82. The second-order valence-electron chi connectivity index (χ2n) is 5.10. The van der Waals surface area contributed by atoms with Crippen LogP contribution in [0, 0.1) is 0 Å². The van der Waals surface area contributed by atoms with E-state index in [2.05, 4.69) is 47.1 Å². The van der Waals surface area contributed by atoms with Crippen LogP contribution in [-0.2, 0) is 0 Å². The van der Waals surface area contributed by atoms with E-state index in [1.165, 1.54) is 15.6 Å². The highest BCUT2D eigenvalue weighted by atomic mass is 32.1. The SMILES string of the molecule is CNC(c1cc2ccccc2o1)c1csc2ccccc12. The number of hydrogen-bond donors (Lipinski definition) is 1. The topological polar surface area (TPSA) is 25.2 Å². The van der Waals surface area contributed by atoms with E-state index in [1.807, 2.05) is 25.2 Å². The van der Waals surface area contributed by atoms with Gasteiger partial charge in [0.1, 0.15) is 11.3 Å². The van der Waals surface area contributed by atoms with Crippen LogP contribution < -0.4 is 5.32 Å². The van der Waals surface area contributed by atoms with E-state index in [1.54, 1.807) is 11.3 Å². The maximum absolute atomic E-state index is 6.04. The van der Waals surface area contributed by atoms with Crippen molar-refractivity contribution in [3.8, 4) is 0 Å². The molecule has 2 nitrogen and oxygen atoms in total. The third kappa shape index (κ3) is 2.06. The summed E-state index contributed by atoms with van der Waals surface area (Å²) in [6.45, 7) is 0. The standard InChI is InChI=1S/C18H15NOS/c1-19-18(14-11-21-17-9-5-3-7-13(14)17)16-10-12-6-2-4-8-15(12)20-16/h2-11,18-19H,1H3. The lowest BCUT2D eigenvalue weighted by molar-refractivity contribution is 0.493. The number of hydrogen-bond acceptors (Lipinski definition) is 3. The fraction of sp³-hybridized carbons (Fsp3) is 0.111. The summed E-state index contributed by atoms with van der Waals surface area (Å²) < 4.78 is 7.35. The molecule has 0 amide bonds. The maximum Gasteiger partial charge on any atom is 0.134 e. The van der Waals surface area contributed by atoms with E-state index < -0.39 is 0 Å². The Kier molecular flexibility index (Phi) is 3.02. The first-order valence-corrected chi connectivity index (χ1v) is 7.86. The Morgan fingerprint density at radius 1 is 1.05 bits per heavy atom. The van der Waals surface area contributed by atoms with Crippen molar-refractivity contribution >= 4 is 32.4 Å². The molecule has 1 atom stereocenters. The zero-order valence-electron chi connectivity index (χ0n) is 11.7. The summed E-state index contributed by atoms with van der Waals surface area (Å²) in [6, 6.07) is 18.8. The van der Waals surface area contributed by atoms with Gasteiger partial charge in [0, 0.05) is 10.1 Å². The minimum Gasteiger partial charge on any atom is -0.459 e. The van der Waals surface area contributed by atoms with Gasteiger partial charge in [-0.25, -0.2) is 0 Å². The monoisotopic (exact) mass is 293 g/mol. The van der Waals surface area contributed by atoms with Gasteiger partial charge in [0.15, 0.2) is 0 Å². The smallest absolute Gasteiger partial charge is 0.134 e. The summed E-state index contributed by atoms with van der Waals surface area (Å²) in [7, 11) is 1.98. The summed E-state index contributed by atoms with van der Waals surface area (Å²) in [5, 5.41) is 8.05. The molecule has 4 rings (SSSR count). The van der Waals surface area contributed by atoms with Crippen LogP contribution in [0.1, 0.15) is 17.4 Å². The van der Waals surface area contributed by atoms with Crippen molar-refractivity contribution in [3.63, 3.8) is 0 Å². The molecule has 4 aromatic rings. The molecule has 2 heterocycles. The summed E-state index contributed by atoms with van der Waals surface area (Å²) in [4.78, 5) is 0. The Labute approximate surface area is 127 Å². The minimum atomic E-state index is 0.0774. The van der Waals surface area contributed by atoms with Gasteiger partial charge in [-0.1, -0.05) is 36.4 Å². The van der Waals surface area contributed by atoms with Crippen LogP contribution in [0.2, 0.25) is 0 Å². The van der Waals surface area contributed by atoms with Gasteiger partial charge in [-0.15, -0.1) is 11.3 Å². The molecule has 21 heavy (non-hydrogen) atoms. The first-order valence-electron chi connectivity index (χ1n) is 6.98. The van der Waals surface area contributed by atoms with Gasteiger partial charge >= 0.3 is 0 Å². The third-order valence-electron chi connectivity index (χ3n) is 3.84. The molecule has 0 saturated heterocycles. The average Bonchev–Trinajstić information content (AvgIpc) is 3.13. The fourth-order valence-corrected chi connectivity index (χ4v) is 3.80. The van der Waals surface area contributed by atoms with E-state index in [-0.39, 0.29) is 6.04 Å². The fourth-order valence-electron chi connectivity index (χ4n) is 2.82. The molecule has 0 spiro atoms. The molecule has 1 unspecified atom stereocenters. The highest BCUT2D eigenvalue weighted by Crippen LogP contribution is 2.35. The minimum absolute atomic E-state index is 0.0774. The summed E-state index contributed by atoms with van der Waals surface area (Å²) >= 11 is 1.78. The first kappa shape index (κ1) is 12.6. The van der Waals surface area contributed by atoms with E-state index >= 15 is 0 Å². The molecule has 104 valence electrons. The van der Waals surface area contributed by atoms with Gasteiger partial charge in [0.25, 0.3) is 0 Å². The van der Waals surface area contributed by atoms with E-state index in [9.17, 15) is 0 Å². The Morgan fingerprint density at radius 2 is 1.86 bits per heavy atom. The normalized spacial score (nSPS) is 13.0. The molecule has 1 N–H and O–H groups in total. The van der Waals surface area contributed by atoms with Gasteiger partial charge in [-0.2, -0.15) is 0 Å². The molecule has 2 aromatic carbocycles. The highest BCUT2D eigenvalue weighted by molar-refractivity contribution is 7.17. The molecular formula is C18H15NOS. The van der Waals surface area contributed by atoms with Crippen molar-refractivity contribution in [3.05, 3.63) is 71.3 Å². The number of nitrogens with one attached hydrogen (secondary N) is 1. The summed E-state index contributed by atoms with van der Waals surface area (Å²) in [5.41, 5.74) is 2.21. The molecule has 3 heteroatoms. The van der Waals surface area contributed by atoms with Crippen LogP contribution in [0.3, 0.4) is 0 Å². The van der Waals surface area contributed by atoms with E-state index in [0.29, 0.717) is 0 Å². The summed E-state index contributed by atoms with van der Waals surface area (Å²) in [6.07, 6.45) is 0. The van der Waals surface area contributed by atoms with Crippen LogP contribution >= 0.6 is 11.3 Å². The molecule has 0 aliphatic carbocycles. The molecule has 0 bridgehead atoms. The van der Waals surface area contributed by atoms with Crippen molar-refractivity contribution in [2.45, 2.75) is 6.04 Å². The Hall–Kier alpha value is -2.10. The van der Waals surface area contributed by atoms with E-state index in [4.69, 9.17) is 4.42 Å². The Morgan fingerprint density at radius 3 is 2.71 bits per heavy atom. The molecule has 0 saturated carbocycles. The second-order valence-corrected chi connectivity index (χ2v) is 6.01. The zero-order valence-corrected chi connectivity index (χ0v) is 12.5. The quantitative estimate of drug-likeness (QED) is 0.578. The Balaban J connectivity index is 1.87. The number of para-hydroxylation sites is 1. The first-order chi connectivity index (χ1) is 10.4. The predicted molar refractivity (Wildman–Crippen MR) is 88.9 cm³/mol. The van der Waals surface area contributed by atoms with E-state index in [0.717, 1.165) is 16.7 Å². The molecule has 0 radical (unpaired) electrons. The van der Waals surface area contributed by atoms with Crippen molar-refractivity contribution in [2.75, 3.05) is 7.05 Å².